The van der Waals surface area contributed by atoms with Gasteiger partial charge in [-0.3, -0.25) is 9.78 Å². The van der Waals surface area contributed by atoms with Crippen LogP contribution in [-0.4, -0.2) is 36.3 Å². The molecule has 1 aliphatic rings. The molecule has 1 fully saturated rings. The molecule has 2 atom stereocenters. The van der Waals surface area contributed by atoms with Crippen molar-refractivity contribution in [2.24, 2.45) is 0 Å². The van der Waals surface area contributed by atoms with E-state index in [9.17, 15) is 4.79 Å². The lowest BCUT2D eigenvalue weighted by atomic mass is 10.2. The highest BCUT2D eigenvalue weighted by atomic mass is 16.5. The maximum absolute atomic E-state index is 12.3. The predicted molar refractivity (Wildman–Crippen MR) is 93.8 cm³/mol. The molecule has 0 spiro atoms. The summed E-state index contributed by atoms with van der Waals surface area (Å²) in [6, 6.07) is 10.8. The second kappa shape index (κ2) is 8.60. The topological polar surface area (TPSA) is 69.7 Å². The average molecular weight is 342 g/mol. The van der Waals surface area contributed by atoms with Crippen molar-refractivity contribution < 1.29 is 19.0 Å². The molecule has 1 N–H and O–H groups in total. The predicted octanol–water partition coefficient (Wildman–Crippen LogP) is 3.40. The Morgan fingerprint density at radius 1 is 1.32 bits per heavy atom. The molecule has 132 valence electrons. The molecule has 0 radical (unpaired) electrons. The summed E-state index contributed by atoms with van der Waals surface area (Å²) < 4.78 is 16.8. The third-order valence-electron chi connectivity index (χ3n) is 3.91. The first-order valence-electron chi connectivity index (χ1n) is 8.43. The average Bonchev–Trinajstić information content (AvgIpc) is 3.14. The summed E-state index contributed by atoms with van der Waals surface area (Å²) >= 11 is 0. The summed E-state index contributed by atoms with van der Waals surface area (Å²) in [6.45, 7) is 2.96. The van der Waals surface area contributed by atoms with Crippen molar-refractivity contribution in [1.29, 1.82) is 0 Å². The van der Waals surface area contributed by atoms with Gasteiger partial charge < -0.3 is 19.5 Å². The lowest BCUT2D eigenvalue weighted by Gasteiger charge is -2.16. The van der Waals surface area contributed by atoms with Gasteiger partial charge in [0, 0.05) is 30.8 Å². The zero-order valence-electron chi connectivity index (χ0n) is 14.2. The first kappa shape index (κ1) is 17.4. The number of nitrogens with one attached hydrogen (secondary N) is 1. The van der Waals surface area contributed by atoms with Gasteiger partial charge in [0.1, 0.15) is 17.6 Å². The van der Waals surface area contributed by atoms with Crippen LogP contribution in [0.4, 0.5) is 5.69 Å². The van der Waals surface area contributed by atoms with Crippen molar-refractivity contribution in [3.63, 3.8) is 0 Å². The summed E-state index contributed by atoms with van der Waals surface area (Å²) in [7, 11) is 0. The van der Waals surface area contributed by atoms with E-state index in [-0.39, 0.29) is 12.0 Å². The van der Waals surface area contributed by atoms with E-state index in [1.165, 1.54) is 0 Å². The number of amides is 1. The Kier molecular flexibility index (Phi) is 5.98. The smallest absolute Gasteiger partial charge is 0.253 e. The molecule has 25 heavy (non-hydrogen) atoms. The molecule has 6 nitrogen and oxygen atoms in total. The lowest BCUT2D eigenvalue weighted by Crippen LogP contribution is -2.30. The van der Waals surface area contributed by atoms with Gasteiger partial charge in [-0.2, -0.15) is 0 Å². The molecule has 3 rings (SSSR count). The second-order valence-corrected chi connectivity index (χ2v) is 5.91. The molecule has 1 aromatic heterocycles. The van der Waals surface area contributed by atoms with Gasteiger partial charge in [-0.25, -0.2) is 0 Å². The van der Waals surface area contributed by atoms with Crippen LogP contribution in [0.3, 0.4) is 0 Å². The number of rotatable bonds is 7. The molecule has 0 bridgehead atoms. The molecule has 1 aromatic carbocycles. The van der Waals surface area contributed by atoms with Gasteiger partial charge in [0.25, 0.3) is 5.91 Å². The SMILES string of the molecule is CC(OCC1CCCO1)C(=O)Nc1cccc(Oc2ccncc2)c1. The Bertz CT molecular complexity index is 687. The van der Waals surface area contributed by atoms with E-state index in [4.69, 9.17) is 14.2 Å². The van der Waals surface area contributed by atoms with E-state index in [1.807, 2.05) is 18.2 Å². The van der Waals surface area contributed by atoms with Crippen molar-refractivity contribution in [3.8, 4) is 11.5 Å². The molecule has 0 aliphatic carbocycles. The van der Waals surface area contributed by atoms with E-state index < -0.39 is 6.10 Å². The van der Waals surface area contributed by atoms with Gasteiger partial charge in [-0.15, -0.1) is 0 Å². The van der Waals surface area contributed by atoms with Crippen LogP contribution in [0.25, 0.3) is 0 Å². The molecule has 1 saturated heterocycles. The zero-order valence-corrected chi connectivity index (χ0v) is 14.2. The number of carbonyl (C=O) groups excluding carboxylic acids is 1. The van der Waals surface area contributed by atoms with E-state index >= 15 is 0 Å². The van der Waals surface area contributed by atoms with Crippen molar-refractivity contribution in [2.45, 2.75) is 32.0 Å². The summed E-state index contributed by atoms with van der Waals surface area (Å²) in [5.41, 5.74) is 0.657. The molecule has 0 saturated carbocycles. The minimum Gasteiger partial charge on any atom is -0.457 e. The normalized spacial score (nSPS) is 17.9. The molecule has 2 aromatic rings. The van der Waals surface area contributed by atoms with Crippen LogP contribution in [0.2, 0.25) is 0 Å². The minimum absolute atomic E-state index is 0.104. The van der Waals surface area contributed by atoms with Gasteiger partial charge in [-0.1, -0.05) is 6.07 Å². The monoisotopic (exact) mass is 342 g/mol. The van der Waals surface area contributed by atoms with E-state index in [0.29, 0.717) is 23.8 Å². The molecule has 2 unspecified atom stereocenters. The van der Waals surface area contributed by atoms with E-state index in [2.05, 4.69) is 10.3 Å². The van der Waals surface area contributed by atoms with Gasteiger partial charge in [0.2, 0.25) is 0 Å². The number of hydrogen-bond acceptors (Lipinski definition) is 5. The largest absolute Gasteiger partial charge is 0.457 e. The van der Waals surface area contributed by atoms with Crippen LogP contribution in [-0.2, 0) is 14.3 Å². The minimum atomic E-state index is -0.547. The third kappa shape index (κ3) is 5.27. The highest BCUT2D eigenvalue weighted by molar-refractivity contribution is 5.94. The molecular formula is C19H22N2O4. The van der Waals surface area contributed by atoms with Crippen LogP contribution in [0.1, 0.15) is 19.8 Å². The van der Waals surface area contributed by atoms with Gasteiger partial charge in [0.05, 0.1) is 12.7 Å². The summed E-state index contributed by atoms with van der Waals surface area (Å²) in [4.78, 5) is 16.2. The van der Waals surface area contributed by atoms with Crippen LogP contribution < -0.4 is 10.1 Å². The fraction of sp³-hybridized carbons (Fsp3) is 0.368. The Hall–Kier alpha value is -2.44. The van der Waals surface area contributed by atoms with E-state index in [0.717, 1.165) is 19.4 Å². The van der Waals surface area contributed by atoms with Crippen molar-refractivity contribution in [1.82, 2.24) is 4.98 Å². The van der Waals surface area contributed by atoms with Gasteiger partial charge in [0.15, 0.2) is 0 Å². The van der Waals surface area contributed by atoms with Crippen LogP contribution in [0.15, 0.2) is 48.8 Å². The quantitative estimate of drug-likeness (QED) is 0.835. The Morgan fingerprint density at radius 2 is 2.16 bits per heavy atom. The fourth-order valence-electron chi connectivity index (χ4n) is 2.53. The maximum atomic E-state index is 12.3. The van der Waals surface area contributed by atoms with Crippen LogP contribution in [0, 0.1) is 0 Å². The number of benzene rings is 1. The van der Waals surface area contributed by atoms with Crippen LogP contribution >= 0.6 is 0 Å². The molecule has 1 aliphatic heterocycles. The summed E-state index contributed by atoms with van der Waals surface area (Å²) in [6.07, 6.45) is 4.92. The van der Waals surface area contributed by atoms with Gasteiger partial charge >= 0.3 is 0 Å². The summed E-state index contributed by atoms with van der Waals surface area (Å²) in [5, 5.41) is 2.85. The number of aromatic nitrogens is 1. The lowest BCUT2D eigenvalue weighted by molar-refractivity contribution is -0.128. The molecule has 2 heterocycles. The highest BCUT2D eigenvalue weighted by Crippen LogP contribution is 2.23. The van der Waals surface area contributed by atoms with Crippen molar-refractivity contribution in [2.75, 3.05) is 18.5 Å². The van der Waals surface area contributed by atoms with E-state index in [1.54, 1.807) is 37.5 Å². The number of anilines is 1. The first-order valence-corrected chi connectivity index (χ1v) is 8.43. The number of nitrogens with zero attached hydrogens (tertiary/aromatic N) is 1. The number of ether oxygens (including phenoxy) is 3. The van der Waals surface area contributed by atoms with Gasteiger partial charge in [-0.05, 0) is 44.0 Å². The van der Waals surface area contributed by atoms with Crippen molar-refractivity contribution >= 4 is 11.6 Å². The Morgan fingerprint density at radius 3 is 2.92 bits per heavy atom. The second-order valence-electron chi connectivity index (χ2n) is 5.91. The third-order valence-corrected chi connectivity index (χ3v) is 3.91. The van der Waals surface area contributed by atoms with Crippen molar-refractivity contribution in [3.05, 3.63) is 48.8 Å². The van der Waals surface area contributed by atoms with Crippen LogP contribution in [0.5, 0.6) is 11.5 Å². The highest BCUT2D eigenvalue weighted by Gasteiger charge is 2.20. The standard InChI is InChI=1S/C19H22N2O4/c1-14(24-13-18-6-3-11-23-18)19(22)21-15-4-2-5-17(12-15)25-16-7-9-20-10-8-16/h2,4-5,7-10,12,14,18H,3,6,11,13H2,1H3,(H,21,22). The number of pyridine rings is 1. The Labute approximate surface area is 147 Å². The first-order chi connectivity index (χ1) is 12.2. The number of hydrogen-bond donors (Lipinski definition) is 1. The summed E-state index contributed by atoms with van der Waals surface area (Å²) in [5.74, 6) is 1.13. The Balaban J connectivity index is 1.52. The zero-order chi connectivity index (χ0) is 17.5. The molecule has 6 heteroatoms. The fourth-order valence-corrected chi connectivity index (χ4v) is 2.53. The number of carbonyl (C=O) groups is 1. The molecular weight excluding hydrogens is 320 g/mol. The molecule has 1 amide bonds. The maximum Gasteiger partial charge on any atom is 0.253 e.